The van der Waals surface area contributed by atoms with Crippen LogP contribution < -0.4 is 5.43 Å². The van der Waals surface area contributed by atoms with E-state index in [-0.39, 0.29) is 46.1 Å². The SMILES string of the molecule is CC1CN2C(=O)c3c(O)c(=O)c(-c4nnc(Cc5ccc(F)cc5F)s4)cn3CC2[C@@H]1C. The summed E-state index contributed by atoms with van der Waals surface area (Å²) in [5.74, 6) is -1.68. The van der Waals surface area contributed by atoms with E-state index >= 15 is 0 Å². The second kappa shape index (κ2) is 7.47. The largest absolute Gasteiger partial charge is 0.503 e. The van der Waals surface area contributed by atoms with Gasteiger partial charge in [0.15, 0.2) is 16.5 Å². The lowest BCUT2D eigenvalue weighted by molar-refractivity contribution is 0.0637. The number of halogens is 2. The van der Waals surface area contributed by atoms with Crippen molar-refractivity contribution in [3.63, 3.8) is 0 Å². The van der Waals surface area contributed by atoms with E-state index in [0.717, 1.165) is 17.4 Å². The van der Waals surface area contributed by atoms with Crippen LogP contribution in [0.2, 0.25) is 0 Å². The molecule has 3 atom stereocenters. The summed E-state index contributed by atoms with van der Waals surface area (Å²) in [5.41, 5.74) is -0.308. The summed E-state index contributed by atoms with van der Waals surface area (Å²) in [6.07, 6.45) is 1.64. The predicted octanol–water partition coefficient (Wildman–Crippen LogP) is 3.05. The Bertz CT molecular complexity index is 1300. The van der Waals surface area contributed by atoms with E-state index < -0.39 is 22.8 Å². The zero-order chi connectivity index (χ0) is 22.7. The number of benzene rings is 1. The second-order valence-electron chi connectivity index (χ2n) is 8.50. The van der Waals surface area contributed by atoms with Crippen molar-refractivity contribution in [3.05, 3.63) is 62.5 Å². The van der Waals surface area contributed by atoms with Gasteiger partial charge in [-0.05, 0) is 23.5 Å². The highest BCUT2D eigenvalue weighted by Gasteiger charge is 2.44. The first-order valence-electron chi connectivity index (χ1n) is 10.3. The highest BCUT2D eigenvalue weighted by atomic mass is 32.1. The van der Waals surface area contributed by atoms with Gasteiger partial charge in [0.1, 0.15) is 16.6 Å². The third-order valence-electron chi connectivity index (χ3n) is 6.55. The topological polar surface area (TPSA) is 88.3 Å². The number of carbonyl (C=O) groups excluding carboxylic acids is 1. The minimum Gasteiger partial charge on any atom is -0.503 e. The molecule has 1 aromatic carbocycles. The van der Waals surface area contributed by atoms with Gasteiger partial charge in [-0.2, -0.15) is 0 Å². The minimum atomic E-state index is -0.695. The van der Waals surface area contributed by atoms with Gasteiger partial charge in [-0.25, -0.2) is 8.78 Å². The molecule has 32 heavy (non-hydrogen) atoms. The second-order valence-corrected chi connectivity index (χ2v) is 9.56. The molecule has 0 aliphatic carbocycles. The zero-order valence-electron chi connectivity index (χ0n) is 17.4. The van der Waals surface area contributed by atoms with Crippen LogP contribution in [-0.2, 0) is 13.0 Å². The van der Waals surface area contributed by atoms with Crippen molar-refractivity contribution < 1.29 is 18.7 Å². The Labute approximate surface area is 186 Å². The molecule has 0 saturated carbocycles. The molecular formula is C22H20F2N4O3S. The van der Waals surface area contributed by atoms with Crippen molar-refractivity contribution in [2.75, 3.05) is 6.54 Å². The molecule has 2 unspecified atom stereocenters. The fourth-order valence-electron chi connectivity index (χ4n) is 4.54. The monoisotopic (exact) mass is 458 g/mol. The summed E-state index contributed by atoms with van der Waals surface area (Å²) < 4.78 is 28.7. The summed E-state index contributed by atoms with van der Waals surface area (Å²) >= 11 is 1.09. The summed E-state index contributed by atoms with van der Waals surface area (Å²) in [4.78, 5) is 27.6. The summed E-state index contributed by atoms with van der Waals surface area (Å²) in [6, 6.07) is 3.30. The van der Waals surface area contributed by atoms with Crippen LogP contribution in [0.25, 0.3) is 10.6 Å². The quantitative estimate of drug-likeness (QED) is 0.652. The number of aromatic hydroxyl groups is 1. The van der Waals surface area contributed by atoms with Crippen LogP contribution in [0.4, 0.5) is 8.78 Å². The van der Waals surface area contributed by atoms with E-state index in [1.54, 1.807) is 15.7 Å². The molecule has 0 radical (unpaired) electrons. The molecule has 0 bridgehead atoms. The molecule has 1 amide bonds. The van der Waals surface area contributed by atoms with Crippen LogP contribution >= 0.6 is 11.3 Å². The van der Waals surface area contributed by atoms with Gasteiger partial charge in [0.25, 0.3) is 5.91 Å². The number of nitrogens with zero attached hydrogens (tertiary/aromatic N) is 4. The third-order valence-corrected chi connectivity index (χ3v) is 7.50. The van der Waals surface area contributed by atoms with Crippen LogP contribution in [0, 0.1) is 23.5 Å². The molecule has 2 aliphatic rings. The molecular weight excluding hydrogens is 438 g/mol. The molecule has 166 valence electrons. The first kappa shape index (κ1) is 20.7. The standard InChI is InChI=1S/C22H20F2N4O3S/c1-10-7-28-16(11(10)2)9-27-8-14(19(29)20(30)18(27)22(28)31)21-26-25-17(32-21)5-12-3-4-13(23)6-15(12)24/h3-4,6,8,10-11,16,30H,5,7,9H2,1-2H3/t10?,11-,16?/m1/s1. The van der Waals surface area contributed by atoms with Crippen LogP contribution in [0.3, 0.4) is 0 Å². The predicted molar refractivity (Wildman–Crippen MR) is 114 cm³/mol. The Balaban J connectivity index is 1.51. The van der Waals surface area contributed by atoms with Crippen molar-refractivity contribution in [1.29, 1.82) is 0 Å². The number of fused-ring (bicyclic) bond motifs is 2. The highest BCUT2D eigenvalue weighted by molar-refractivity contribution is 7.14. The molecule has 7 nitrogen and oxygen atoms in total. The van der Waals surface area contributed by atoms with Gasteiger partial charge in [-0.3, -0.25) is 9.59 Å². The third kappa shape index (κ3) is 3.21. The van der Waals surface area contributed by atoms with E-state index in [1.165, 1.54) is 12.1 Å². The Morgan fingerprint density at radius 3 is 2.72 bits per heavy atom. The number of hydrogen-bond acceptors (Lipinski definition) is 6. The van der Waals surface area contributed by atoms with Crippen LogP contribution in [-0.4, -0.2) is 43.3 Å². The Kier molecular flexibility index (Phi) is 4.85. The maximum atomic E-state index is 14.0. The lowest BCUT2D eigenvalue weighted by atomic mass is 9.93. The van der Waals surface area contributed by atoms with Crippen molar-refractivity contribution in [3.8, 4) is 16.3 Å². The van der Waals surface area contributed by atoms with Crippen LogP contribution in [0.5, 0.6) is 5.75 Å². The van der Waals surface area contributed by atoms with Gasteiger partial charge >= 0.3 is 0 Å². The average Bonchev–Trinajstić information content (AvgIpc) is 3.32. The van der Waals surface area contributed by atoms with Gasteiger partial charge in [0.05, 0.1) is 11.6 Å². The molecule has 3 aromatic rings. The molecule has 2 aliphatic heterocycles. The lowest BCUT2D eigenvalue weighted by Gasteiger charge is -2.34. The Morgan fingerprint density at radius 1 is 1.19 bits per heavy atom. The minimum absolute atomic E-state index is 0.00516. The number of hydrogen-bond donors (Lipinski definition) is 1. The summed E-state index contributed by atoms with van der Waals surface area (Å²) in [6.45, 7) is 5.25. The van der Waals surface area contributed by atoms with Crippen molar-refractivity contribution in [2.45, 2.75) is 32.9 Å². The fourth-order valence-corrected chi connectivity index (χ4v) is 5.41. The number of pyridine rings is 1. The van der Waals surface area contributed by atoms with Crippen molar-refractivity contribution in [1.82, 2.24) is 19.7 Å². The van der Waals surface area contributed by atoms with Gasteiger partial charge in [-0.15, -0.1) is 10.2 Å². The molecule has 4 heterocycles. The smallest absolute Gasteiger partial charge is 0.274 e. The number of rotatable bonds is 3. The van der Waals surface area contributed by atoms with E-state index in [0.29, 0.717) is 24.0 Å². The van der Waals surface area contributed by atoms with Gasteiger partial charge in [0, 0.05) is 31.8 Å². The number of carbonyl (C=O) groups is 1. The zero-order valence-corrected chi connectivity index (χ0v) is 18.2. The van der Waals surface area contributed by atoms with Crippen LogP contribution in [0.1, 0.15) is 34.9 Å². The number of amides is 1. The highest BCUT2D eigenvalue weighted by Crippen LogP contribution is 2.37. The van der Waals surface area contributed by atoms with Gasteiger partial charge < -0.3 is 14.6 Å². The maximum absolute atomic E-state index is 14.0. The first-order valence-corrected chi connectivity index (χ1v) is 11.1. The van der Waals surface area contributed by atoms with Crippen molar-refractivity contribution in [2.24, 2.45) is 11.8 Å². The molecule has 2 aromatic heterocycles. The normalized spacial score (nSPS) is 22.2. The molecule has 0 spiro atoms. The molecule has 1 saturated heterocycles. The molecule has 1 fully saturated rings. The lowest BCUT2D eigenvalue weighted by Crippen LogP contribution is -2.47. The van der Waals surface area contributed by atoms with Crippen molar-refractivity contribution >= 4 is 17.2 Å². The maximum Gasteiger partial charge on any atom is 0.274 e. The Morgan fingerprint density at radius 2 is 1.97 bits per heavy atom. The van der Waals surface area contributed by atoms with Gasteiger partial charge in [0.2, 0.25) is 5.43 Å². The van der Waals surface area contributed by atoms with E-state index in [4.69, 9.17) is 0 Å². The van der Waals surface area contributed by atoms with E-state index in [2.05, 4.69) is 24.0 Å². The van der Waals surface area contributed by atoms with Crippen LogP contribution in [0.15, 0.2) is 29.2 Å². The van der Waals surface area contributed by atoms with E-state index in [1.807, 2.05) is 0 Å². The van der Waals surface area contributed by atoms with E-state index in [9.17, 15) is 23.5 Å². The summed E-state index contributed by atoms with van der Waals surface area (Å²) in [5, 5.41) is 19.4. The number of aromatic nitrogens is 3. The molecule has 1 N–H and O–H groups in total. The Hall–Kier alpha value is -3.14. The average molecular weight is 458 g/mol. The summed E-state index contributed by atoms with van der Waals surface area (Å²) in [7, 11) is 0. The first-order chi connectivity index (χ1) is 15.2. The molecule has 10 heteroatoms. The van der Waals surface area contributed by atoms with Gasteiger partial charge in [-0.1, -0.05) is 31.3 Å². The molecule has 5 rings (SSSR count). The fraction of sp³-hybridized carbons (Fsp3) is 0.364.